The molecule has 0 aliphatic rings. The summed E-state index contributed by atoms with van der Waals surface area (Å²) in [4.78, 5) is 0. The van der Waals surface area contributed by atoms with Crippen LogP contribution in [0.2, 0.25) is 0 Å². The van der Waals surface area contributed by atoms with E-state index in [4.69, 9.17) is 0 Å². The number of hydrogen-bond donors (Lipinski definition) is 0. The summed E-state index contributed by atoms with van der Waals surface area (Å²) in [7, 11) is 0. The van der Waals surface area contributed by atoms with E-state index in [0.717, 1.165) is 6.42 Å². The van der Waals surface area contributed by atoms with E-state index in [1.165, 1.54) is 6.92 Å². The minimum absolute atomic E-state index is 0.0440. The van der Waals surface area contributed by atoms with Crippen molar-refractivity contribution in [3.63, 3.8) is 0 Å². The highest BCUT2D eigenvalue weighted by atomic mass is 19.1. The fourth-order valence-electron chi connectivity index (χ4n) is 0.281. The molecule has 0 aliphatic heterocycles. The second kappa shape index (κ2) is 3.00. The molecule has 0 spiro atoms. The van der Waals surface area contributed by atoms with Crippen LogP contribution in [0.1, 0.15) is 27.2 Å². The molecule has 1 unspecified atom stereocenters. The molecule has 0 heterocycles. The molecule has 1 radical (unpaired) electrons. The van der Waals surface area contributed by atoms with Gasteiger partial charge in [-0.1, -0.05) is 20.3 Å². The first-order valence-corrected chi connectivity index (χ1v) is 2.67. The normalized spacial score (nSPS) is 15.0. The molecule has 0 rings (SSSR count). The molecular weight excluding hydrogens is 91.1 g/mol. The minimum atomic E-state index is 0.0440. The standard InChI is InChI=1S/C6H12F/c1-4-5(2)6(3)7/h5H,4H2,1-3H3. The lowest BCUT2D eigenvalue weighted by atomic mass is 10.1. The maximum absolute atomic E-state index is 12.0. The summed E-state index contributed by atoms with van der Waals surface area (Å²) < 4.78 is 12.0. The highest BCUT2D eigenvalue weighted by Crippen LogP contribution is 2.16. The van der Waals surface area contributed by atoms with Crippen molar-refractivity contribution in [2.24, 2.45) is 5.92 Å². The van der Waals surface area contributed by atoms with Crippen LogP contribution >= 0.6 is 0 Å². The Hall–Kier alpha value is -0.0700. The molecule has 1 atom stereocenters. The highest BCUT2D eigenvalue weighted by molar-refractivity contribution is 4.74. The van der Waals surface area contributed by atoms with Gasteiger partial charge in [0.2, 0.25) is 0 Å². The van der Waals surface area contributed by atoms with Crippen LogP contribution in [0.15, 0.2) is 0 Å². The van der Waals surface area contributed by atoms with Crippen LogP contribution in [0.25, 0.3) is 0 Å². The van der Waals surface area contributed by atoms with Gasteiger partial charge in [0.15, 0.2) is 0 Å². The Labute approximate surface area is 44.7 Å². The van der Waals surface area contributed by atoms with Crippen molar-refractivity contribution in [1.82, 2.24) is 0 Å². The molecule has 0 fully saturated rings. The molecule has 0 amide bonds. The zero-order valence-electron chi connectivity index (χ0n) is 5.16. The van der Waals surface area contributed by atoms with Crippen molar-refractivity contribution in [1.29, 1.82) is 0 Å². The Morgan fingerprint density at radius 3 is 2.14 bits per heavy atom. The number of halogens is 1. The second-order valence-corrected chi connectivity index (χ2v) is 1.90. The summed E-state index contributed by atoms with van der Waals surface area (Å²) in [6.45, 7) is 5.39. The fourth-order valence-corrected chi connectivity index (χ4v) is 0.281. The molecule has 0 aromatic rings. The molecule has 1 heteroatoms. The molecule has 0 saturated heterocycles. The SMILES string of the molecule is CCC(C)[C](C)F. The van der Waals surface area contributed by atoms with Crippen LogP contribution in [-0.4, -0.2) is 0 Å². The Morgan fingerprint density at radius 1 is 1.71 bits per heavy atom. The first kappa shape index (κ1) is 6.93. The van der Waals surface area contributed by atoms with E-state index in [2.05, 4.69) is 0 Å². The Morgan fingerprint density at radius 2 is 2.14 bits per heavy atom. The van der Waals surface area contributed by atoms with Gasteiger partial charge in [0.05, 0.1) is 0 Å². The summed E-state index contributed by atoms with van der Waals surface area (Å²) in [5, 5.41) is 0. The van der Waals surface area contributed by atoms with Gasteiger partial charge < -0.3 is 0 Å². The molecule has 0 aromatic carbocycles. The monoisotopic (exact) mass is 103 g/mol. The second-order valence-electron chi connectivity index (χ2n) is 1.90. The molecule has 0 nitrogen and oxygen atoms in total. The van der Waals surface area contributed by atoms with Crippen molar-refractivity contribution in [3.8, 4) is 0 Å². The lowest BCUT2D eigenvalue weighted by Crippen LogP contribution is -1.96. The molecule has 0 bridgehead atoms. The van der Waals surface area contributed by atoms with Crippen molar-refractivity contribution < 1.29 is 4.39 Å². The molecule has 7 heavy (non-hydrogen) atoms. The maximum atomic E-state index is 12.0. The summed E-state index contributed by atoms with van der Waals surface area (Å²) in [6.07, 6.45) is 0.949. The smallest absolute Gasteiger partial charge is 0.144 e. The predicted octanol–water partition coefficient (Wildman–Crippen LogP) is 2.55. The Bertz CT molecular complexity index is 41.4. The van der Waals surface area contributed by atoms with E-state index >= 15 is 0 Å². The summed E-state index contributed by atoms with van der Waals surface area (Å²) in [5.41, 5.74) is 0. The largest absolute Gasteiger partial charge is 0.240 e. The van der Waals surface area contributed by atoms with Crippen LogP contribution in [0.3, 0.4) is 0 Å². The lowest BCUT2D eigenvalue weighted by Gasteiger charge is -2.05. The average Bonchev–Trinajstić information content (AvgIpc) is 1.65. The van der Waals surface area contributed by atoms with Crippen molar-refractivity contribution in [2.75, 3.05) is 0 Å². The van der Waals surface area contributed by atoms with E-state index in [1.54, 1.807) is 0 Å². The molecular formula is C6H12F. The Balaban J connectivity index is 3.14. The zero-order valence-corrected chi connectivity index (χ0v) is 5.16. The van der Waals surface area contributed by atoms with Crippen LogP contribution in [0.5, 0.6) is 0 Å². The van der Waals surface area contributed by atoms with Gasteiger partial charge in [0.25, 0.3) is 0 Å². The van der Waals surface area contributed by atoms with E-state index in [9.17, 15) is 4.39 Å². The van der Waals surface area contributed by atoms with Crippen LogP contribution in [-0.2, 0) is 0 Å². The van der Waals surface area contributed by atoms with Gasteiger partial charge in [-0.05, 0) is 12.8 Å². The minimum Gasteiger partial charge on any atom is -0.240 e. The third kappa shape index (κ3) is 2.60. The summed E-state index contributed by atoms with van der Waals surface area (Å²) >= 11 is 0. The number of rotatable bonds is 2. The summed E-state index contributed by atoms with van der Waals surface area (Å²) in [6, 6.07) is 0. The topological polar surface area (TPSA) is 0 Å². The first-order valence-electron chi connectivity index (χ1n) is 2.67. The van der Waals surface area contributed by atoms with E-state index < -0.39 is 0 Å². The van der Waals surface area contributed by atoms with Gasteiger partial charge in [-0.3, -0.25) is 0 Å². The van der Waals surface area contributed by atoms with Crippen LogP contribution in [0.4, 0.5) is 4.39 Å². The quantitative estimate of drug-likeness (QED) is 0.503. The van der Waals surface area contributed by atoms with Crippen LogP contribution in [0, 0.1) is 12.1 Å². The van der Waals surface area contributed by atoms with Gasteiger partial charge >= 0.3 is 0 Å². The van der Waals surface area contributed by atoms with Crippen LogP contribution < -0.4 is 0 Å². The van der Waals surface area contributed by atoms with E-state index in [1.807, 2.05) is 13.8 Å². The summed E-state index contributed by atoms with van der Waals surface area (Å²) in [5.74, 6) is 0.153. The zero-order chi connectivity index (χ0) is 5.86. The van der Waals surface area contributed by atoms with Crippen molar-refractivity contribution >= 4 is 0 Å². The van der Waals surface area contributed by atoms with Crippen molar-refractivity contribution in [3.05, 3.63) is 6.17 Å². The molecule has 0 saturated carbocycles. The molecule has 43 valence electrons. The highest BCUT2D eigenvalue weighted by Gasteiger charge is 2.07. The van der Waals surface area contributed by atoms with Gasteiger partial charge in [-0.15, -0.1) is 0 Å². The third-order valence-electron chi connectivity index (χ3n) is 1.29. The van der Waals surface area contributed by atoms with Gasteiger partial charge in [0, 0.05) is 0 Å². The van der Waals surface area contributed by atoms with Gasteiger partial charge in [0.1, 0.15) is 6.17 Å². The molecule has 0 N–H and O–H groups in total. The third-order valence-corrected chi connectivity index (χ3v) is 1.29. The molecule has 0 aliphatic carbocycles. The van der Waals surface area contributed by atoms with Gasteiger partial charge in [-0.2, -0.15) is 0 Å². The molecule has 0 aromatic heterocycles. The first-order chi connectivity index (χ1) is 3.18. The van der Waals surface area contributed by atoms with Gasteiger partial charge in [-0.25, -0.2) is 4.39 Å². The number of hydrogen-bond acceptors (Lipinski definition) is 0. The Kier molecular flexibility index (Phi) is 2.97. The van der Waals surface area contributed by atoms with E-state index in [-0.39, 0.29) is 12.1 Å². The van der Waals surface area contributed by atoms with E-state index in [0.29, 0.717) is 0 Å². The average molecular weight is 103 g/mol. The maximum Gasteiger partial charge on any atom is 0.144 e. The fraction of sp³-hybridized carbons (Fsp3) is 0.833. The lowest BCUT2D eigenvalue weighted by molar-refractivity contribution is 0.380. The van der Waals surface area contributed by atoms with Crippen molar-refractivity contribution in [2.45, 2.75) is 27.2 Å². The predicted molar refractivity (Wildman–Crippen MR) is 29.5 cm³/mol.